The first-order valence-corrected chi connectivity index (χ1v) is 7.38. The predicted molar refractivity (Wildman–Crippen MR) is 78.1 cm³/mol. The van der Waals surface area contributed by atoms with E-state index in [1.165, 1.54) is 12.8 Å². The largest absolute Gasteiger partial charge is 0.339 e. The second-order valence-electron chi connectivity index (χ2n) is 6.13. The summed E-state index contributed by atoms with van der Waals surface area (Å²) >= 11 is 0. The van der Waals surface area contributed by atoms with Gasteiger partial charge >= 0.3 is 0 Å². The first-order chi connectivity index (χ1) is 10.7. The Balaban J connectivity index is 1.54. The van der Waals surface area contributed by atoms with E-state index in [-0.39, 0.29) is 0 Å². The number of aromatic nitrogens is 6. The van der Waals surface area contributed by atoms with Crippen molar-refractivity contribution in [2.75, 3.05) is 0 Å². The number of nitrogens with zero attached hydrogens (tertiary/aromatic N) is 6. The van der Waals surface area contributed by atoms with Crippen LogP contribution >= 0.6 is 0 Å². The van der Waals surface area contributed by atoms with Crippen LogP contribution in [0.1, 0.15) is 32.1 Å². The monoisotopic (exact) mass is 296 g/mol. The third-order valence-electron chi connectivity index (χ3n) is 4.23. The maximum Gasteiger partial charge on any atom is 0.226 e. The smallest absolute Gasteiger partial charge is 0.226 e. The van der Waals surface area contributed by atoms with E-state index in [9.17, 15) is 0 Å². The first-order valence-electron chi connectivity index (χ1n) is 7.38. The maximum absolute atomic E-state index is 5.36. The summed E-state index contributed by atoms with van der Waals surface area (Å²) in [5, 5.41) is 15.2. The molecule has 1 aromatic carbocycles. The molecular weight excluding hydrogens is 280 g/mol. The van der Waals surface area contributed by atoms with Gasteiger partial charge in [0.2, 0.25) is 11.7 Å². The standard InChI is InChI=1S/C15H16N6O/c1-15(7-8-15)6-5-13-17-14(18-22-13)11-3-2-4-12(9-11)21-10-16-19-20-21/h2-4,9-10H,5-8H2,1H3. The van der Waals surface area contributed by atoms with Crippen molar-refractivity contribution in [3.63, 3.8) is 0 Å². The Bertz CT molecular complexity index is 775. The van der Waals surface area contributed by atoms with E-state index < -0.39 is 0 Å². The van der Waals surface area contributed by atoms with Gasteiger partial charge in [-0.3, -0.25) is 0 Å². The lowest BCUT2D eigenvalue weighted by atomic mass is 10.0. The molecule has 1 fully saturated rings. The first kappa shape index (κ1) is 13.1. The lowest BCUT2D eigenvalue weighted by Gasteiger charge is -2.03. The lowest BCUT2D eigenvalue weighted by molar-refractivity contribution is 0.362. The SMILES string of the molecule is CC1(CCc2nc(-c3cccc(-n4cnnn4)c3)no2)CC1. The molecule has 2 heterocycles. The van der Waals surface area contributed by atoms with Crippen molar-refractivity contribution in [2.24, 2.45) is 5.41 Å². The fourth-order valence-corrected chi connectivity index (χ4v) is 2.41. The number of tetrazole rings is 1. The van der Waals surface area contributed by atoms with Gasteiger partial charge in [0.15, 0.2) is 0 Å². The van der Waals surface area contributed by atoms with Crippen molar-refractivity contribution in [3.05, 3.63) is 36.5 Å². The van der Waals surface area contributed by atoms with Crippen LogP contribution in [-0.2, 0) is 6.42 Å². The van der Waals surface area contributed by atoms with Crippen LogP contribution in [-0.4, -0.2) is 30.3 Å². The van der Waals surface area contributed by atoms with Crippen LogP contribution in [0.3, 0.4) is 0 Å². The minimum Gasteiger partial charge on any atom is -0.339 e. The quantitative estimate of drug-likeness (QED) is 0.719. The fraction of sp³-hybridized carbons (Fsp3) is 0.400. The summed E-state index contributed by atoms with van der Waals surface area (Å²) < 4.78 is 6.96. The highest BCUT2D eigenvalue weighted by atomic mass is 16.5. The number of hydrogen-bond donors (Lipinski definition) is 0. The molecule has 0 unspecified atom stereocenters. The second kappa shape index (κ2) is 5.01. The Morgan fingerprint density at radius 3 is 3.00 bits per heavy atom. The van der Waals surface area contributed by atoms with E-state index in [1.807, 2.05) is 24.3 Å². The van der Waals surface area contributed by atoms with Gasteiger partial charge in [-0.1, -0.05) is 24.2 Å². The molecule has 0 atom stereocenters. The summed E-state index contributed by atoms with van der Waals surface area (Å²) in [6.45, 7) is 2.31. The molecule has 0 saturated heterocycles. The molecule has 112 valence electrons. The summed E-state index contributed by atoms with van der Waals surface area (Å²) in [6.07, 6.45) is 6.12. The summed E-state index contributed by atoms with van der Waals surface area (Å²) in [5.41, 5.74) is 2.24. The topological polar surface area (TPSA) is 82.5 Å². The Hall–Kier alpha value is -2.57. The van der Waals surface area contributed by atoms with Crippen LogP contribution in [0.2, 0.25) is 0 Å². The summed E-state index contributed by atoms with van der Waals surface area (Å²) in [7, 11) is 0. The van der Waals surface area contributed by atoms with Crippen molar-refractivity contribution < 1.29 is 4.52 Å². The van der Waals surface area contributed by atoms with Gasteiger partial charge < -0.3 is 4.52 Å². The molecule has 0 radical (unpaired) electrons. The zero-order valence-corrected chi connectivity index (χ0v) is 12.3. The number of rotatable bonds is 5. The molecule has 0 aliphatic heterocycles. The van der Waals surface area contributed by atoms with Crippen LogP contribution in [0, 0.1) is 5.41 Å². The highest BCUT2D eigenvalue weighted by Gasteiger charge is 2.36. The minimum absolute atomic E-state index is 0.495. The van der Waals surface area contributed by atoms with Crippen LogP contribution in [0.4, 0.5) is 0 Å². The maximum atomic E-state index is 5.36. The van der Waals surface area contributed by atoms with Gasteiger partial charge in [0.25, 0.3) is 0 Å². The minimum atomic E-state index is 0.495. The molecule has 0 N–H and O–H groups in total. The van der Waals surface area contributed by atoms with Crippen molar-refractivity contribution in [3.8, 4) is 17.1 Å². The molecule has 7 nitrogen and oxygen atoms in total. The number of hydrogen-bond acceptors (Lipinski definition) is 6. The Kier molecular flexibility index (Phi) is 2.99. The highest BCUT2D eigenvalue weighted by Crippen LogP contribution is 2.48. The fourth-order valence-electron chi connectivity index (χ4n) is 2.41. The molecule has 0 amide bonds. The van der Waals surface area contributed by atoms with Crippen LogP contribution in [0.5, 0.6) is 0 Å². The predicted octanol–water partition coefficient (Wildman–Crippen LogP) is 2.45. The van der Waals surface area contributed by atoms with Gasteiger partial charge in [-0.05, 0) is 47.2 Å². The van der Waals surface area contributed by atoms with E-state index in [0.29, 0.717) is 17.1 Å². The molecule has 7 heteroatoms. The van der Waals surface area contributed by atoms with Gasteiger partial charge in [0.1, 0.15) is 6.33 Å². The highest BCUT2D eigenvalue weighted by molar-refractivity contribution is 5.58. The molecule has 2 aromatic heterocycles. The Morgan fingerprint density at radius 2 is 2.23 bits per heavy atom. The summed E-state index contributed by atoms with van der Waals surface area (Å²) in [4.78, 5) is 4.50. The van der Waals surface area contributed by atoms with Gasteiger partial charge in [-0.2, -0.15) is 4.98 Å². The van der Waals surface area contributed by atoms with E-state index in [4.69, 9.17) is 4.52 Å². The molecule has 0 spiro atoms. The van der Waals surface area contributed by atoms with Crippen LogP contribution in [0.25, 0.3) is 17.1 Å². The van der Waals surface area contributed by atoms with Gasteiger partial charge in [-0.15, -0.1) is 5.10 Å². The van der Waals surface area contributed by atoms with Gasteiger partial charge in [0, 0.05) is 12.0 Å². The average Bonchev–Trinajstić information content (AvgIpc) is 3.02. The molecule has 22 heavy (non-hydrogen) atoms. The van der Waals surface area contributed by atoms with Crippen LogP contribution in [0.15, 0.2) is 35.1 Å². The van der Waals surface area contributed by atoms with Crippen LogP contribution < -0.4 is 0 Å². The zero-order chi connectivity index (χ0) is 15.0. The van der Waals surface area contributed by atoms with Crippen molar-refractivity contribution in [1.29, 1.82) is 0 Å². The van der Waals surface area contributed by atoms with Gasteiger partial charge in [0.05, 0.1) is 5.69 Å². The summed E-state index contributed by atoms with van der Waals surface area (Å²) in [6, 6.07) is 7.74. The molecular formula is C15H16N6O. The van der Waals surface area contributed by atoms with E-state index in [0.717, 1.165) is 24.1 Å². The zero-order valence-electron chi connectivity index (χ0n) is 12.3. The van der Waals surface area contributed by atoms with Crippen molar-refractivity contribution >= 4 is 0 Å². The second-order valence-corrected chi connectivity index (χ2v) is 6.13. The molecule has 0 bridgehead atoms. The van der Waals surface area contributed by atoms with Gasteiger partial charge in [-0.25, -0.2) is 4.68 Å². The average molecular weight is 296 g/mol. The summed E-state index contributed by atoms with van der Waals surface area (Å²) in [5.74, 6) is 1.31. The van der Waals surface area contributed by atoms with E-state index in [1.54, 1.807) is 11.0 Å². The lowest BCUT2D eigenvalue weighted by Crippen LogP contribution is -1.97. The Labute approximate surface area is 127 Å². The molecule has 3 aromatic rings. The van der Waals surface area contributed by atoms with Crippen molar-refractivity contribution in [2.45, 2.75) is 32.6 Å². The molecule has 4 rings (SSSR count). The third kappa shape index (κ3) is 2.61. The van der Waals surface area contributed by atoms with E-state index >= 15 is 0 Å². The number of benzene rings is 1. The normalized spacial score (nSPS) is 15.9. The molecule has 1 saturated carbocycles. The van der Waals surface area contributed by atoms with Crippen molar-refractivity contribution in [1.82, 2.24) is 30.3 Å². The number of aryl methyl sites for hydroxylation is 1. The molecule has 1 aliphatic carbocycles. The van der Waals surface area contributed by atoms with E-state index in [2.05, 4.69) is 32.6 Å². The third-order valence-corrected chi connectivity index (χ3v) is 4.23. The molecule has 1 aliphatic rings. The Morgan fingerprint density at radius 1 is 1.32 bits per heavy atom.